The normalized spacial score (nSPS) is 25.8. The lowest BCUT2D eigenvalue weighted by Gasteiger charge is -2.39. The molecule has 2 rings (SSSR count). The average molecular weight is 296 g/mol. The molecular weight excluding hydrogens is 268 g/mol. The van der Waals surface area contributed by atoms with Crippen LogP contribution in [-0.4, -0.2) is 48.1 Å². The molecule has 2 aliphatic rings. The molecular formula is C16H28N2O3. The number of hydrogen-bond donors (Lipinski definition) is 1. The monoisotopic (exact) mass is 296 g/mol. The Labute approximate surface area is 127 Å². The van der Waals surface area contributed by atoms with Gasteiger partial charge >= 0.3 is 0 Å². The Balaban J connectivity index is 2.09. The second kappa shape index (κ2) is 7.25. The van der Waals surface area contributed by atoms with Gasteiger partial charge in [0.05, 0.1) is 6.61 Å². The van der Waals surface area contributed by atoms with Crippen molar-refractivity contribution in [3.05, 3.63) is 0 Å². The quantitative estimate of drug-likeness (QED) is 0.788. The summed E-state index contributed by atoms with van der Waals surface area (Å²) in [6.07, 6.45) is 6.10. The summed E-state index contributed by atoms with van der Waals surface area (Å²) in [6, 6.07) is -0.0518. The van der Waals surface area contributed by atoms with Gasteiger partial charge in [-0.25, -0.2) is 0 Å². The maximum Gasteiger partial charge on any atom is 0.248 e. The molecule has 1 N–H and O–H groups in total. The Hall–Kier alpha value is -1.10. The smallest absolute Gasteiger partial charge is 0.248 e. The van der Waals surface area contributed by atoms with E-state index in [1.807, 2.05) is 11.8 Å². The highest BCUT2D eigenvalue weighted by atomic mass is 16.5. The molecule has 1 atom stereocenters. The minimum absolute atomic E-state index is 0.00901. The summed E-state index contributed by atoms with van der Waals surface area (Å²) >= 11 is 0. The van der Waals surface area contributed by atoms with Gasteiger partial charge in [-0.1, -0.05) is 26.2 Å². The standard InChI is InChI=1S/C16H28N2O3/c1-3-10-21-11-9-18-13(2)12-14(19)17-16(15(18)20)7-5-4-6-8-16/h13H,3-12H2,1-2H3,(H,17,19). The number of rotatable bonds is 5. The van der Waals surface area contributed by atoms with Crippen molar-refractivity contribution in [3.63, 3.8) is 0 Å². The van der Waals surface area contributed by atoms with Crippen molar-refractivity contribution in [2.45, 2.75) is 70.4 Å². The van der Waals surface area contributed by atoms with E-state index in [2.05, 4.69) is 12.2 Å². The van der Waals surface area contributed by atoms with E-state index in [0.29, 0.717) is 19.6 Å². The first kappa shape index (κ1) is 16.3. The van der Waals surface area contributed by atoms with Crippen molar-refractivity contribution in [1.82, 2.24) is 10.2 Å². The number of amides is 2. The van der Waals surface area contributed by atoms with Crippen LogP contribution in [-0.2, 0) is 14.3 Å². The number of nitrogens with zero attached hydrogens (tertiary/aromatic N) is 1. The summed E-state index contributed by atoms with van der Waals surface area (Å²) in [5.41, 5.74) is -0.648. The van der Waals surface area contributed by atoms with Gasteiger partial charge in [0, 0.05) is 25.6 Å². The lowest BCUT2D eigenvalue weighted by atomic mass is 9.80. The van der Waals surface area contributed by atoms with Crippen molar-refractivity contribution in [2.75, 3.05) is 19.8 Å². The number of carbonyl (C=O) groups excluding carboxylic acids is 2. The van der Waals surface area contributed by atoms with Crippen LogP contribution in [0.3, 0.4) is 0 Å². The third-order valence-electron chi connectivity index (χ3n) is 4.59. The molecule has 0 aromatic carbocycles. The molecule has 21 heavy (non-hydrogen) atoms. The minimum Gasteiger partial charge on any atom is -0.380 e. The molecule has 2 fully saturated rings. The van der Waals surface area contributed by atoms with E-state index in [1.54, 1.807) is 0 Å². The molecule has 1 spiro atoms. The summed E-state index contributed by atoms with van der Waals surface area (Å²) in [4.78, 5) is 27.0. The van der Waals surface area contributed by atoms with Crippen LogP contribution in [0.1, 0.15) is 58.8 Å². The minimum atomic E-state index is -0.648. The van der Waals surface area contributed by atoms with Crippen LogP contribution < -0.4 is 5.32 Å². The number of ether oxygens (including phenoxy) is 1. The van der Waals surface area contributed by atoms with E-state index >= 15 is 0 Å². The SMILES string of the molecule is CCCOCCN1C(=O)C2(CCCCC2)NC(=O)CC1C. The predicted molar refractivity (Wildman–Crippen MR) is 80.9 cm³/mol. The van der Waals surface area contributed by atoms with Gasteiger partial charge in [-0.3, -0.25) is 9.59 Å². The largest absolute Gasteiger partial charge is 0.380 e. The van der Waals surface area contributed by atoms with Crippen LogP contribution in [0.5, 0.6) is 0 Å². The van der Waals surface area contributed by atoms with Gasteiger partial charge in [0.2, 0.25) is 11.8 Å². The number of carbonyl (C=O) groups is 2. The van der Waals surface area contributed by atoms with Gasteiger partial charge < -0.3 is 15.0 Å². The van der Waals surface area contributed by atoms with Crippen molar-refractivity contribution >= 4 is 11.8 Å². The molecule has 0 aromatic rings. The van der Waals surface area contributed by atoms with Crippen molar-refractivity contribution in [1.29, 1.82) is 0 Å². The molecule has 120 valence electrons. The lowest BCUT2D eigenvalue weighted by Crippen LogP contribution is -2.59. The Bertz CT molecular complexity index is 378. The fraction of sp³-hybridized carbons (Fsp3) is 0.875. The maximum absolute atomic E-state index is 13.0. The first-order valence-corrected chi connectivity index (χ1v) is 8.29. The zero-order chi connectivity index (χ0) is 15.3. The molecule has 5 nitrogen and oxygen atoms in total. The van der Waals surface area contributed by atoms with Crippen molar-refractivity contribution < 1.29 is 14.3 Å². The molecule has 0 radical (unpaired) electrons. The van der Waals surface area contributed by atoms with Crippen molar-refractivity contribution in [3.8, 4) is 0 Å². The van der Waals surface area contributed by atoms with Gasteiger partial charge in [0.1, 0.15) is 5.54 Å². The third kappa shape index (κ3) is 3.76. The first-order valence-electron chi connectivity index (χ1n) is 8.29. The van der Waals surface area contributed by atoms with Gasteiger partial charge in [0.25, 0.3) is 0 Å². The topological polar surface area (TPSA) is 58.6 Å². The molecule has 1 saturated heterocycles. The number of nitrogens with one attached hydrogen (secondary N) is 1. The summed E-state index contributed by atoms with van der Waals surface area (Å²) < 4.78 is 5.53. The molecule has 0 aromatic heterocycles. The van der Waals surface area contributed by atoms with Crippen LogP contribution >= 0.6 is 0 Å². The van der Waals surface area contributed by atoms with Crippen LogP contribution in [0.25, 0.3) is 0 Å². The molecule has 1 saturated carbocycles. The van der Waals surface area contributed by atoms with Crippen LogP contribution in [0.4, 0.5) is 0 Å². The molecule has 1 heterocycles. The highest BCUT2D eigenvalue weighted by molar-refractivity contribution is 5.94. The maximum atomic E-state index is 13.0. The van der Waals surface area contributed by atoms with Crippen LogP contribution in [0.2, 0.25) is 0 Å². The van der Waals surface area contributed by atoms with E-state index in [9.17, 15) is 9.59 Å². The van der Waals surface area contributed by atoms with Gasteiger partial charge in [-0.05, 0) is 26.2 Å². The summed E-state index contributed by atoms with van der Waals surface area (Å²) in [7, 11) is 0. The summed E-state index contributed by atoms with van der Waals surface area (Å²) in [5.74, 6) is 0.107. The van der Waals surface area contributed by atoms with E-state index in [0.717, 1.165) is 45.1 Å². The molecule has 1 unspecified atom stereocenters. The highest BCUT2D eigenvalue weighted by Gasteiger charge is 2.46. The Kier molecular flexibility index (Phi) is 5.62. The molecule has 1 aliphatic heterocycles. The Morgan fingerprint density at radius 1 is 1.24 bits per heavy atom. The molecule has 1 aliphatic carbocycles. The second-order valence-corrected chi connectivity index (χ2v) is 6.36. The third-order valence-corrected chi connectivity index (χ3v) is 4.59. The van der Waals surface area contributed by atoms with E-state index < -0.39 is 5.54 Å². The summed E-state index contributed by atoms with van der Waals surface area (Å²) in [6.45, 7) is 5.88. The average Bonchev–Trinajstić information content (AvgIpc) is 2.54. The number of hydrogen-bond acceptors (Lipinski definition) is 3. The summed E-state index contributed by atoms with van der Waals surface area (Å²) in [5, 5.41) is 3.04. The van der Waals surface area contributed by atoms with Crippen LogP contribution in [0.15, 0.2) is 0 Å². The molecule has 0 bridgehead atoms. The van der Waals surface area contributed by atoms with E-state index in [4.69, 9.17) is 4.74 Å². The predicted octanol–water partition coefficient (Wildman–Crippen LogP) is 1.85. The fourth-order valence-electron chi connectivity index (χ4n) is 3.45. The van der Waals surface area contributed by atoms with E-state index in [-0.39, 0.29) is 17.9 Å². The second-order valence-electron chi connectivity index (χ2n) is 6.36. The zero-order valence-corrected chi connectivity index (χ0v) is 13.3. The van der Waals surface area contributed by atoms with Gasteiger partial charge in [-0.15, -0.1) is 0 Å². The Morgan fingerprint density at radius 3 is 2.62 bits per heavy atom. The lowest BCUT2D eigenvalue weighted by molar-refractivity contribution is -0.142. The van der Waals surface area contributed by atoms with Gasteiger partial charge in [-0.2, -0.15) is 0 Å². The zero-order valence-electron chi connectivity index (χ0n) is 13.3. The van der Waals surface area contributed by atoms with Crippen LogP contribution in [0, 0.1) is 0 Å². The first-order chi connectivity index (χ1) is 10.1. The molecule has 2 amide bonds. The Morgan fingerprint density at radius 2 is 1.95 bits per heavy atom. The highest BCUT2D eigenvalue weighted by Crippen LogP contribution is 2.32. The van der Waals surface area contributed by atoms with E-state index in [1.165, 1.54) is 0 Å². The van der Waals surface area contributed by atoms with Gasteiger partial charge in [0.15, 0.2) is 0 Å². The van der Waals surface area contributed by atoms with Crippen molar-refractivity contribution in [2.24, 2.45) is 0 Å². The fourth-order valence-corrected chi connectivity index (χ4v) is 3.45. The molecule has 5 heteroatoms.